The fourth-order valence-electron chi connectivity index (χ4n) is 3.06. The van der Waals surface area contributed by atoms with Crippen LogP contribution in [0.4, 0.5) is 0 Å². The minimum Gasteiger partial charge on any atom is -0.481 e. The average molecular weight is 415 g/mol. The Kier molecular flexibility index (Phi) is 5.27. The Hall–Kier alpha value is -2.52. The minimum atomic E-state index is -0.135. The standard InChI is InChI=1S/C19H18N4O3S2/c1-10-21-12-3-6-16(26-2)23-17(12)19(22-10)27-9-13(24)15-5-4-14(28-15)11-7-8-20-18(11)25/h3-6,11H,7-9H2,1-2H3,(H,20,25). The van der Waals surface area contributed by atoms with Gasteiger partial charge in [-0.1, -0.05) is 11.8 Å². The number of methoxy groups -OCH3 is 1. The van der Waals surface area contributed by atoms with Crippen molar-refractivity contribution < 1.29 is 14.3 Å². The number of Topliss-reactive ketones (excluding diaryl/α,β-unsaturated/α-hetero) is 1. The number of nitrogens with zero attached hydrogens (tertiary/aromatic N) is 3. The van der Waals surface area contributed by atoms with Crippen molar-refractivity contribution in [1.29, 1.82) is 0 Å². The van der Waals surface area contributed by atoms with Gasteiger partial charge in [-0.05, 0) is 31.5 Å². The molecule has 0 radical (unpaired) electrons. The number of aryl methyl sites for hydroxylation is 1. The molecule has 0 saturated carbocycles. The lowest BCUT2D eigenvalue weighted by Crippen LogP contribution is -2.17. The first-order chi connectivity index (χ1) is 13.5. The molecule has 3 aromatic heterocycles. The molecule has 0 aromatic carbocycles. The summed E-state index contributed by atoms with van der Waals surface area (Å²) in [4.78, 5) is 39.4. The van der Waals surface area contributed by atoms with Gasteiger partial charge >= 0.3 is 0 Å². The molecule has 1 aliphatic rings. The van der Waals surface area contributed by atoms with Gasteiger partial charge in [0, 0.05) is 17.5 Å². The Labute approximate surface area is 169 Å². The van der Waals surface area contributed by atoms with Crippen LogP contribution in [-0.2, 0) is 4.79 Å². The van der Waals surface area contributed by atoms with Crippen LogP contribution in [0.2, 0.25) is 0 Å². The SMILES string of the molecule is COc1ccc2nc(C)nc(SCC(=O)c3ccc(C4CCNC4=O)s3)c2n1. The highest BCUT2D eigenvalue weighted by molar-refractivity contribution is 8.00. The first-order valence-corrected chi connectivity index (χ1v) is 10.6. The zero-order valence-electron chi connectivity index (χ0n) is 15.4. The van der Waals surface area contributed by atoms with Gasteiger partial charge < -0.3 is 10.1 Å². The number of amides is 1. The van der Waals surface area contributed by atoms with Gasteiger partial charge in [-0.3, -0.25) is 9.59 Å². The topological polar surface area (TPSA) is 94.1 Å². The quantitative estimate of drug-likeness (QED) is 0.376. The summed E-state index contributed by atoms with van der Waals surface area (Å²) >= 11 is 2.73. The van der Waals surface area contributed by atoms with Crippen molar-refractivity contribution in [2.75, 3.05) is 19.4 Å². The van der Waals surface area contributed by atoms with E-state index in [4.69, 9.17) is 4.74 Å². The molecule has 1 unspecified atom stereocenters. The van der Waals surface area contributed by atoms with Gasteiger partial charge in [0.05, 0.1) is 29.2 Å². The fraction of sp³-hybridized carbons (Fsp3) is 0.316. The molecule has 1 fully saturated rings. The van der Waals surface area contributed by atoms with Crippen molar-refractivity contribution in [3.8, 4) is 5.88 Å². The highest BCUT2D eigenvalue weighted by atomic mass is 32.2. The number of ether oxygens (including phenoxy) is 1. The van der Waals surface area contributed by atoms with Crippen molar-refractivity contribution in [2.45, 2.75) is 24.3 Å². The number of nitrogens with one attached hydrogen (secondary N) is 1. The maximum atomic E-state index is 12.7. The summed E-state index contributed by atoms with van der Waals surface area (Å²) in [5, 5.41) is 3.49. The van der Waals surface area contributed by atoms with Crippen LogP contribution in [0.25, 0.3) is 11.0 Å². The Bertz CT molecular complexity index is 1070. The second-order valence-corrected chi connectivity index (χ2v) is 8.42. The van der Waals surface area contributed by atoms with Crippen molar-refractivity contribution >= 4 is 45.8 Å². The third-order valence-electron chi connectivity index (χ3n) is 4.44. The van der Waals surface area contributed by atoms with E-state index >= 15 is 0 Å². The largest absolute Gasteiger partial charge is 0.481 e. The summed E-state index contributed by atoms with van der Waals surface area (Å²) in [6.07, 6.45) is 0.779. The van der Waals surface area contributed by atoms with E-state index in [1.54, 1.807) is 19.2 Å². The molecule has 7 nitrogen and oxygen atoms in total. The van der Waals surface area contributed by atoms with Gasteiger partial charge in [0.1, 0.15) is 16.4 Å². The molecular weight excluding hydrogens is 396 g/mol. The lowest BCUT2D eigenvalue weighted by molar-refractivity contribution is -0.120. The highest BCUT2D eigenvalue weighted by Crippen LogP contribution is 2.32. The predicted molar refractivity (Wildman–Crippen MR) is 108 cm³/mol. The van der Waals surface area contributed by atoms with Crippen molar-refractivity contribution in [2.24, 2.45) is 0 Å². The van der Waals surface area contributed by atoms with Gasteiger partial charge in [0.2, 0.25) is 11.8 Å². The van der Waals surface area contributed by atoms with Gasteiger partial charge in [0.25, 0.3) is 0 Å². The Morgan fingerprint density at radius 3 is 2.89 bits per heavy atom. The summed E-state index contributed by atoms with van der Waals surface area (Å²) in [6.45, 7) is 2.50. The Morgan fingerprint density at radius 1 is 1.29 bits per heavy atom. The van der Waals surface area contributed by atoms with E-state index in [9.17, 15) is 9.59 Å². The van der Waals surface area contributed by atoms with Crippen LogP contribution < -0.4 is 10.1 Å². The van der Waals surface area contributed by atoms with Crippen molar-refractivity contribution in [1.82, 2.24) is 20.3 Å². The normalized spacial score (nSPS) is 16.4. The van der Waals surface area contributed by atoms with Gasteiger partial charge in [-0.2, -0.15) is 0 Å². The van der Waals surface area contributed by atoms with Crippen LogP contribution in [0.3, 0.4) is 0 Å². The third kappa shape index (κ3) is 3.72. The maximum Gasteiger partial charge on any atom is 0.228 e. The van der Waals surface area contributed by atoms with E-state index < -0.39 is 0 Å². The maximum absolute atomic E-state index is 12.7. The zero-order chi connectivity index (χ0) is 19.7. The van der Waals surface area contributed by atoms with E-state index in [1.807, 2.05) is 19.1 Å². The molecule has 1 N–H and O–H groups in total. The van der Waals surface area contributed by atoms with E-state index in [0.717, 1.165) is 11.3 Å². The second-order valence-electron chi connectivity index (χ2n) is 6.34. The van der Waals surface area contributed by atoms with Crippen LogP contribution >= 0.6 is 23.1 Å². The molecule has 1 aliphatic heterocycles. The number of aromatic nitrogens is 3. The first-order valence-electron chi connectivity index (χ1n) is 8.78. The predicted octanol–water partition coefficient (Wildman–Crippen LogP) is 2.98. The zero-order valence-corrected chi connectivity index (χ0v) is 17.0. The van der Waals surface area contributed by atoms with Gasteiger partial charge in [-0.25, -0.2) is 15.0 Å². The molecule has 0 aliphatic carbocycles. The number of hydrogen-bond donors (Lipinski definition) is 1. The highest BCUT2D eigenvalue weighted by Gasteiger charge is 2.27. The van der Waals surface area contributed by atoms with E-state index in [1.165, 1.54) is 23.1 Å². The number of rotatable bonds is 6. The monoisotopic (exact) mass is 414 g/mol. The number of ketones is 1. The molecule has 28 heavy (non-hydrogen) atoms. The fourth-order valence-corrected chi connectivity index (χ4v) is 5.13. The number of carbonyl (C=O) groups is 2. The third-order valence-corrected chi connectivity index (χ3v) is 6.64. The molecule has 144 valence electrons. The molecule has 1 amide bonds. The molecular formula is C19H18N4O3S2. The molecule has 3 aromatic rings. The second kappa shape index (κ2) is 7.84. The molecule has 0 bridgehead atoms. The van der Waals surface area contributed by atoms with Crippen LogP contribution in [0.1, 0.15) is 32.7 Å². The van der Waals surface area contributed by atoms with Crippen LogP contribution in [0.15, 0.2) is 29.3 Å². The molecule has 1 atom stereocenters. The van der Waals surface area contributed by atoms with Crippen molar-refractivity contribution in [3.05, 3.63) is 39.8 Å². The summed E-state index contributed by atoms with van der Waals surface area (Å²) in [5.74, 6) is 1.25. The smallest absolute Gasteiger partial charge is 0.228 e. The van der Waals surface area contributed by atoms with Gasteiger partial charge in [-0.15, -0.1) is 11.3 Å². The average Bonchev–Trinajstić information content (AvgIpc) is 3.34. The number of pyridine rings is 1. The van der Waals surface area contributed by atoms with E-state index in [-0.39, 0.29) is 23.4 Å². The van der Waals surface area contributed by atoms with Crippen LogP contribution in [0, 0.1) is 6.92 Å². The van der Waals surface area contributed by atoms with Gasteiger partial charge in [0.15, 0.2) is 5.78 Å². The number of thioether (sulfide) groups is 1. The van der Waals surface area contributed by atoms with E-state index in [2.05, 4.69) is 20.3 Å². The molecule has 0 spiro atoms. The summed E-state index contributed by atoms with van der Waals surface area (Å²) < 4.78 is 5.19. The van der Waals surface area contributed by atoms with E-state index in [0.29, 0.717) is 39.2 Å². The lowest BCUT2D eigenvalue weighted by Gasteiger charge is -2.07. The summed E-state index contributed by atoms with van der Waals surface area (Å²) in [5.41, 5.74) is 1.34. The number of carbonyl (C=O) groups excluding carboxylic acids is 2. The number of fused-ring (bicyclic) bond motifs is 1. The number of thiophene rings is 1. The molecule has 9 heteroatoms. The first kappa shape index (κ1) is 18.8. The minimum absolute atomic E-state index is 0.00645. The van der Waals surface area contributed by atoms with Crippen molar-refractivity contribution in [3.63, 3.8) is 0 Å². The van der Waals surface area contributed by atoms with Crippen LogP contribution in [0.5, 0.6) is 5.88 Å². The van der Waals surface area contributed by atoms with Crippen LogP contribution in [-0.4, -0.2) is 46.0 Å². The number of hydrogen-bond acceptors (Lipinski definition) is 8. The molecule has 4 rings (SSSR count). The summed E-state index contributed by atoms with van der Waals surface area (Å²) in [7, 11) is 1.55. The molecule has 1 saturated heterocycles. The Morgan fingerprint density at radius 2 is 2.14 bits per heavy atom. The summed E-state index contributed by atoms with van der Waals surface area (Å²) in [6, 6.07) is 7.27. The molecule has 4 heterocycles. The Balaban J connectivity index is 1.52. The lowest BCUT2D eigenvalue weighted by atomic mass is 10.1.